The first-order chi connectivity index (χ1) is 14.3. The fourth-order valence-electron chi connectivity index (χ4n) is 4.00. The van der Waals surface area contributed by atoms with E-state index in [1.807, 2.05) is 49.9 Å². The van der Waals surface area contributed by atoms with Crippen molar-refractivity contribution in [3.63, 3.8) is 0 Å². The Hall–Kier alpha value is -1.85. The summed E-state index contributed by atoms with van der Waals surface area (Å²) >= 11 is 7.85. The summed E-state index contributed by atoms with van der Waals surface area (Å²) in [7, 11) is 0. The molecule has 1 aromatic carbocycles. The minimum absolute atomic E-state index is 0.00389. The number of halogens is 1. The molecule has 1 aliphatic heterocycles. The highest BCUT2D eigenvalue weighted by molar-refractivity contribution is 7.10. The zero-order chi connectivity index (χ0) is 21.8. The van der Waals surface area contributed by atoms with Gasteiger partial charge in [-0.15, -0.1) is 11.3 Å². The van der Waals surface area contributed by atoms with Crippen molar-refractivity contribution in [3.8, 4) is 0 Å². The largest absolute Gasteiger partial charge is 0.331 e. The Morgan fingerprint density at radius 1 is 1.20 bits per heavy atom. The molecule has 2 amide bonds. The van der Waals surface area contributed by atoms with Crippen LogP contribution in [0.1, 0.15) is 62.6 Å². The van der Waals surface area contributed by atoms with E-state index >= 15 is 0 Å². The highest BCUT2D eigenvalue weighted by atomic mass is 35.5. The van der Waals surface area contributed by atoms with E-state index in [-0.39, 0.29) is 36.4 Å². The second-order valence-corrected chi connectivity index (χ2v) is 9.90. The maximum atomic E-state index is 13.5. The van der Waals surface area contributed by atoms with Crippen LogP contribution >= 0.6 is 22.9 Å². The van der Waals surface area contributed by atoms with Gasteiger partial charge in [-0.1, -0.05) is 44.5 Å². The molecule has 0 bridgehead atoms. The number of thiophene rings is 1. The first-order valence-electron chi connectivity index (χ1n) is 10.7. The van der Waals surface area contributed by atoms with Gasteiger partial charge in [0.1, 0.15) is 6.54 Å². The molecule has 3 rings (SSSR count). The Labute approximate surface area is 188 Å². The van der Waals surface area contributed by atoms with Crippen molar-refractivity contribution in [2.24, 2.45) is 5.92 Å². The predicted octanol–water partition coefficient (Wildman–Crippen LogP) is 5.55. The maximum Gasteiger partial charge on any atom is 0.243 e. The quantitative estimate of drug-likeness (QED) is 0.559. The van der Waals surface area contributed by atoms with Gasteiger partial charge in [-0.25, -0.2) is 0 Å². The van der Waals surface area contributed by atoms with Gasteiger partial charge in [0.05, 0.1) is 6.04 Å². The lowest BCUT2D eigenvalue weighted by atomic mass is 9.93. The molecule has 0 saturated carbocycles. The lowest BCUT2D eigenvalue weighted by molar-refractivity contribution is -0.144. The van der Waals surface area contributed by atoms with Crippen molar-refractivity contribution in [3.05, 3.63) is 56.7 Å². The molecule has 2 heterocycles. The van der Waals surface area contributed by atoms with Gasteiger partial charge in [-0.3, -0.25) is 9.59 Å². The van der Waals surface area contributed by atoms with Crippen molar-refractivity contribution in [2.75, 3.05) is 13.1 Å². The summed E-state index contributed by atoms with van der Waals surface area (Å²) in [6.45, 7) is 8.94. The smallest absolute Gasteiger partial charge is 0.243 e. The SMILES string of the molecule is CCC(C)N(CC(=O)N1CCc2sccc2C1c1ccc(Cl)cc1)C(=O)CC(C)C. The molecule has 30 heavy (non-hydrogen) atoms. The zero-order valence-corrected chi connectivity index (χ0v) is 19.8. The summed E-state index contributed by atoms with van der Waals surface area (Å²) in [6.07, 6.45) is 2.14. The molecule has 0 radical (unpaired) electrons. The van der Waals surface area contributed by atoms with Crippen molar-refractivity contribution in [1.82, 2.24) is 9.80 Å². The summed E-state index contributed by atoms with van der Waals surface area (Å²) in [5.41, 5.74) is 2.24. The molecule has 6 heteroatoms. The van der Waals surface area contributed by atoms with Crippen LogP contribution < -0.4 is 0 Å². The van der Waals surface area contributed by atoms with Gasteiger partial charge in [0.15, 0.2) is 0 Å². The Kier molecular flexibility index (Phi) is 7.59. The Morgan fingerprint density at radius 3 is 2.53 bits per heavy atom. The van der Waals surface area contributed by atoms with Crippen LogP contribution in [-0.2, 0) is 16.0 Å². The molecule has 162 valence electrons. The molecule has 0 N–H and O–H groups in total. The van der Waals surface area contributed by atoms with Crippen molar-refractivity contribution in [1.29, 1.82) is 0 Å². The minimum atomic E-state index is -0.135. The van der Waals surface area contributed by atoms with E-state index in [1.165, 1.54) is 10.4 Å². The van der Waals surface area contributed by atoms with E-state index in [4.69, 9.17) is 11.6 Å². The van der Waals surface area contributed by atoms with Gasteiger partial charge < -0.3 is 9.80 Å². The van der Waals surface area contributed by atoms with E-state index < -0.39 is 0 Å². The molecule has 4 nitrogen and oxygen atoms in total. The standard InChI is InChI=1S/C24H31ClN2O2S/c1-5-17(4)27(22(28)14-16(2)3)15-23(29)26-12-10-21-20(11-13-30-21)24(26)18-6-8-19(25)9-7-18/h6-9,11,13,16-17,24H,5,10,12,14-15H2,1-4H3. The zero-order valence-electron chi connectivity index (χ0n) is 18.2. The van der Waals surface area contributed by atoms with Gasteiger partial charge in [-0.2, -0.15) is 0 Å². The lowest BCUT2D eigenvalue weighted by Crippen LogP contribution is -2.49. The first kappa shape index (κ1) is 22.8. The average molecular weight is 447 g/mol. The fraction of sp³-hybridized carbons (Fsp3) is 0.500. The highest BCUT2D eigenvalue weighted by Crippen LogP contribution is 2.38. The number of fused-ring (bicyclic) bond motifs is 1. The van der Waals surface area contributed by atoms with Gasteiger partial charge in [-0.05, 0) is 60.4 Å². The summed E-state index contributed by atoms with van der Waals surface area (Å²) in [6, 6.07) is 9.76. The van der Waals surface area contributed by atoms with Crippen molar-refractivity contribution >= 4 is 34.8 Å². The van der Waals surface area contributed by atoms with Crippen LogP contribution in [0.3, 0.4) is 0 Å². The van der Waals surface area contributed by atoms with Crippen LogP contribution in [0, 0.1) is 5.92 Å². The molecule has 2 aromatic rings. The highest BCUT2D eigenvalue weighted by Gasteiger charge is 2.34. The van der Waals surface area contributed by atoms with Crippen LogP contribution in [0.2, 0.25) is 5.02 Å². The van der Waals surface area contributed by atoms with E-state index in [9.17, 15) is 9.59 Å². The average Bonchev–Trinajstić information content (AvgIpc) is 3.19. The number of hydrogen-bond donors (Lipinski definition) is 0. The first-order valence-corrected chi connectivity index (χ1v) is 12.0. The van der Waals surface area contributed by atoms with E-state index in [1.54, 1.807) is 16.2 Å². The molecule has 2 unspecified atom stereocenters. The monoisotopic (exact) mass is 446 g/mol. The van der Waals surface area contributed by atoms with Crippen molar-refractivity contribution in [2.45, 2.75) is 59.0 Å². The van der Waals surface area contributed by atoms with Gasteiger partial charge in [0.2, 0.25) is 11.8 Å². The van der Waals surface area contributed by atoms with Crippen LogP contribution in [0.15, 0.2) is 35.7 Å². The van der Waals surface area contributed by atoms with Gasteiger partial charge >= 0.3 is 0 Å². The fourth-order valence-corrected chi connectivity index (χ4v) is 5.03. The minimum Gasteiger partial charge on any atom is -0.331 e. The lowest BCUT2D eigenvalue weighted by Gasteiger charge is -2.38. The van der Waals surface area contributed by atoms with Crippen LogP contribution in [-0.4, -0.2) is 40.7 Å². The summed E-state index contributed by atoms with van der Waals surface area (Å²) < 4.78 is 0. The van der Waals surface area contributed by atoms with Crippen LogP contribution in [0.4, 0.5) is 0 Å². The third kappa shape index (κ3) is 5.06. The number of nitrogens with zero attached hydrogens (tertiary/aromatic N) is 2. The summed E-state index contributed by atoms with van der Waals surface area (Å²) in [5, 5.41) is 2.78. The number of benzene rings is 1. The Morgan fingerprint density at radius 2 is 1.90 bits per heavy atom. The number of carbonyl (C=O) groups excluding carboxylic acids is 2. The number of hydrogen-bond acceptors (Lipinski definition) is 3. The summed E-state index contributed by atoms with van der Waals surface area (Å²) in [4.78, 5) is 31.4. The third-order valence-corrected chi connectivity index (χ3v) is 7.05. The molecule has 1 aromatic heterocycles. The molecule has 0 aliphatic carbocycles. The predicted molar refractivity (Wildman–Crippen MR) is 124 cm³/mol. The van der Waals surface area contributed by atoms with E-state index in [2.05, 4.69) is 18.4 Å². The van der Waals surface area contributed by atoms with Crippen LogP contribution in [0.25, 0.3) is 0 Å². The second kappa shape index (κ2) is 9.97. The van der Waals surface area contributed by atoms with Crippen molar-refractivity contribution < 1.29 is 9.59 Å². The number of amides is 2. The number of rotatable bonds is 7. The molecule has 1 aliphatic rings. The summed E-state index contributed by atoms with van der Waals surface area (Å²) in [5.74, 6) is 0.331. The molecule has 0 fully saturated rings. The Balaban J connectivity index is 1.88. The Bertz CT molecular complexity index is 878. The number of carbonyl (C=O) groups is 2. The van der Waals surface area contributed by atoms with E-state index in [0.717, 1.165) is 18.4 Å². The second-order valence-electron chi connectivity index (χ2n) is 8.47. The molecule has 2 atom stereocenters. The molecular weight excluding hydrogens is 416 g/mol. The molecule has 0 saturated heterocycles. The van der Waals surface area contributed by atoms with Crippen LogP contribution in [0.5, 0.6) is 0 Å². The van der Waals surface area contributed by atoms with Gasteiger partial charge in [0, 0.05) is 28.9 Å². The molecule has 0 spiro atoms. The topological polar surface area (TPSA) is 40.6 Å². The normalized spacial score (nSPS) is 17.0. The third-order valence-electron chi connectivity index (χ3n) is 5.80. The maximum absolute atomic E-state index is 13.5. The molecular formula is C24H31ClN2O2S. The van der Waals surface area contributed by atoms with Gasteiger partial charge in [0.25, 0.3) is 0 Å². The van der Waals surface area contributed by atoms with E-state index in [0.29, 0.717) is 18.0 Å².